The SMILES string of the molecule is CCCn1cnc2[nH]c(=O)n(C)c(=O)c21. The summed E-state index contributed by atoms with van der Waals surface area (Å²) in [5.74, 6) is 0. The van der Waals surface area contributed by atoms with Gasteiger partial charge in [0.25, 0.3) is 5.56 Å². The Bertz CT molecular complexity index is 605. The van der Waals surface area contributed by atoms with Crippen LogP contribution in [0.2, 0.25) is 0 Å². The van der Waals surface area contributed by atoms with Crippen molar-refractivity contribution in [2.24, 2.45) is 7.05 Å². The summed E-state index contributed by atoms with van der Waals surface area (Å²) in [5, 5.41) is 0. The zero-order chi connectivity index (χ0) is 11.0. The lowest BCUT2D eigenvalue weighted by molar-refractivity contribution is 0.688. The van der Waals surface area contributed by atoms with E-state index in [1.54, 1.807) is 10.9 Å². The molecule has 2 rings (SSSR count). The van der Waals surface area contributed by atoms with Crippen molar-refractivity contribution in [3.05, 3.63) is 27.2 Å². The van der Waals surface area contributed by atoms with Crippen molar-refractivity contribution in [2.75, 3.05) is 0 Å². The lowest BCUT2D eigenvalue weighted by atomic mass is 10.4. The van der Waals surface area contributed by atoms with Gasteiger partial charge in [0.2, 0.25) is 0 Å². The average molecular weight is 208 g/mol. The first kappa shape index (κ1) is 9.70. The zero-order valence-corrected chi connectivity index (χ0v) is 8.65. The van der Waals surface area contributed by atoms with Crippen molar-refractivity contribution in [1.82, 2.24) is 19.1 Å². The molecule has 0 aliphatic heterocycles. The molecule has 80 valence electrons. The van der Waals surface area contributed by atoms with E-state index < -0.39 is 5.69 Å². The van der Waals surface area contributed by atoms with E-state index in [1.807, 2.05) is 6.92 Å². The van der Waals surface area contributed by atoms with Gasteiger partial charge in [-0.2, -0.15) is 0 Å². The fourth-order valence-electron chi connectivity index (χ4n) is 1.54. The molecule has 2 heterocycles. The third kappa shape index (κ3) is 1.38. The van der Waals surface area contributed by atoms with Crippen LogP contribution in [0.4, 0.5) is 0 Å². The van der Waals surface area contributed by atoms with Crippen molar-refractivity contribution in [3.63, 3.8) is 0 Å². The molecule has 0 atom stereocenters. The van der Waals surface area contributed by atoms with Crippen molar-refractivity contribution < 1.29 is 0 Å². The van der Waals surface area contributed by atoms with Gasteiger partial charge in [0.15, 0.2) is 11.2 Å². The molecule has 0 fully saturated rings. The Morgan fingerprint density at radius 1 is 1.47 bits per heavy atom. The normalized spacial score (nSPS) is 11.1. The highest BCUT2D eigenvalue weighted by Gasteiger charge is 2.09. The molecular weight excluding hydrogens is 196 g/mol. The minimum atomic E-state index is -0.436. The van der Waals surface area contributed by atoms with Gasteiger partial charge in [-0.05, 0) is 6.42 Å². The van der Waals surface area contributed by atoms with Crippen LogP contribution in [-0.4, -0.2) is 19.1 Å². The van der Waals surface area contributed by atoms with Crippen LogP contribution in [0.25, 0.3) is 11.2 Å². The number of nitrogens with one attached hydrogen (secondary N) is 1. The molecule has 0 bridgehead atoms. The summed E-state index contributed by atoms with van der Waals surface area (Å²) in [6.07, 6.45) is 2.49. The summed E-state index contributed by atoms with van der Waals surface area (Å²) in [5.41, 5.74) is 0.0736. The van der Waals surface area contributed by atoms with Gasteiger partial charge in [0.05, 0.1) is 6.33 Å². The maximum Gasteiger partial charge on any atom is 0.329 e. The Labute approximate surface area is 85.2 Å². The molecule has 0 unspecified atom stereocenters. The third-order valence-electron chi connectivity index (χ3n) is 2.34. The summed E-state index contributed by atoms with van der Waals surface area (Å²) in [6.45, 7) is 2.74. The lowest BCUT2D eigenvalue weighted by Crippen LogP contribution is -2.33. The van der Waals surface area contributed by atoms with Crippen LogP contribution < -0.4 is 11.2 Å². The maximum absolute atomic E-state index is 11.8. The standard InChI is InChI=1S/C9H12N4O2/c1-3-4-13-5-10-7-6(13)8(14)12(2)9(15)11-7/h5H,3-4H2,1-2H3,(H,11,15). The predicted molar refractivity (Wildman–Crippen MR) is 55.9 cm³/mol. The number of rotatable bonds is 2. The van der Waals surface area contributed by atoms with Gasteiger partial charge >= 0.3 is 5.69 Å². The quantitative estimate of drug-likeness (QED) is 0.744. The van der Waals surface area contributed by atoms with Crippen LogP contribution in [0, 0.1) is 0 Å². The fraction of sp³-hybridized carbons (Fsp3) is 0.444. The van der Waals surface area contributed by atoms with Gasteiger partial charge in [0, 0.05) is 13.6 Å². The summed E-state index contributed by atoms with van der Waals surface area (Å²) in [4.78, 5) is 29.6. The van der Waals surface area contributed by atoms with Crippen LogP contribution >= 0.6 is 0 Å². The Morgan fingerprint density at radius 2 is 2.20 bits per heavy atom. The second-order valence-corrected chi connectivity index (χ2v) is 3.43. The fourth-order valence-corrected chi connectivity index (χ4v) is 1.54. The first-order valence-electron chi connectivity index (χ1n) is 4.79. The first-order chi connectivity index (χ1) is 7.15. The number of nitrogens with zero attached hydrogens (tertiary/aromatic N) is 3. The highest BCUT2D eigenvalue weighted by Crippen LogP contribution is 2.03. The molecule has 1 N–H and O–H groups in total. The van der Waals surface area contributed by atoms with Crippen LogP contribution in [0.15, 0.2) is 15.9 Å². The number of aromatic amines is 1. The van der Waals surface area contributed by atoms with E-state index in [9.17, 15) is 9.59 Å². The van der Waals surface area contributed by atoms with Crippen molar-refractivity contribution >= 4 is 11.2 Å². The number of hydrogen-bond donors (Lipinski definition) is 1. The molecule has 0 aliphatic rings. The molecule has 2 aromatic rings. The summed E-state index contributed by atoms with van der Waals surface area (Å²) in [6, 6.07) is 0. The van der Waals surface area contributed by atoms with E-state index in [1.165, 1.54) is 7.05 Å². The Hall–Kier alpha value is -1.85. The van der Waals surface area contributed by atoms with Gasteiger partial charge in [-0.1, -0.05) is 6.92 Å². The molecule has 0 radical (unpaired) electrons. The molecular formula is C9H12N4O2. The van der Waals surface area contributed by atoms with E-state index in [2.05, 4.69) is 9.97 Å². The maximum atomic E-state index is 11.8. The number of aromatic nitrogens is 4. The largest absolute Gasteiger partial charge is 0.329 e. The molecule has 6 heteroatoms. The minimum Gasteiger partial charge on any atom is -0.325 e. The summed E-state index contributed by atoms with van der Waals surface area (Å²) in [7, 11) is 1.45. The number of H-pyrrole nitrogens is 1. The minimum absolute atomic E-state index is 0.306. The smallest absolute Gasteiger partial charge is 0.325 e. The van der Waals surface area contributed by atoms with Crippen LogP contribution in [0.1, 0.15) is 13.3 Å². The molecule has 2 aromatic heterocycles. The van der Waals surface area contributed by atoms with Gasteiger partial charge < -0.3 is 4.57 Å². The lowest BCUT2D eigenvalue weighted by Gasteiger charge is -2.01. The van der Waals surface area contributed by atoms with E-state index in [0.717, 1.165) is 17.5 Å². The number of imidazole rings is 1. The van der Waals surface area contributed by atoms with Gasteiger partial charge in [-0.25, -0.2) is 9.78 Å². The van der Waals surface area contributed by atoms with E-state index in [0.29, 0.717) is 11.2 Å². The van der Waals surface area contributed by atoms with Gasteiger partial charge in [0.1, 0.15) is 0 Å². The molecule has 6 nitrogen and oxygen atoms in total. The van der Waals surface area contributed by atoms with E-state index in [4.69, 9.17) is 0 Å². The van der Waals surface area contributed by atoms with Crippen molar-refractivity contribution in [1.29, 1.82) is 0 Å². The summed E-state index contributed by atoms with van der Waals surface area (Å²) >= 11 is 0. The molecule has 0 amide bonds. The van der Waals surface area contributed by atoms with Crippen molar-refractivity contribution in [3.8, 4) is 0 Å². The second kappa shape index (κ2) is 3.38. The van der Waals surface area contributed by atoms with Crippen molar-refractivity contribution in [2.45, 2.75) is 19.9 Å². The topological polar surface area (TPSA) is 72.7 Å². The second-order valence-electron chi connectivity index (χ2n) is 3.43. The van der Waals surface area contributed by atoms with Gasteiger partial charge in [-0.15, -0.1) is 0 Å². The Kier molecular flexibility index (Phi) is 2.18. The van der Waals surface area contributed by atoms with Crippen LogP contribution in [-0.2, 0) is 13.6 Å². The van der Waals surface area contributed by atoms with Gasteiger partial charge in [-0.3, -0.25) is 14.3 Å². The molecule has 0 aliphatic carbocycles. The summed E-state index contributed by atoms with van der Waals surface area (Å²) < 4.78 is 2.81. The monoisotopic (exact) mass is 208 g/mol. The highest BCUT2D eigenvalue weighted by atomic mass is 16.2. The zero-order valence-electron chi connectivity index (χ0n) is 8.65. The number of hydrogen-bond acceptors (Lipinski definition) is 3. The Morgan fingerprint density at radius 3 is 2.87 bits per heavy atom. The number of aryl methyl sites for hydroxylation is 1. The molecule has 0 saturated carbocycles. The van der Waals surface area contributed by atoms with Crippen LogP contribution in [0.5, 0.6) is 0 Å². The van der Waals surface area contributed by atoms with E-state index in [-0.39, 0.29) is 5.56 Å². The molecule has 0 saturated heterocycles. The molecule has 15 heavy (non-hydrogen) atoms. The molecule has 0 spiro atoms. The Balaban J connectivity index is 2.86. The first-order valence-corrected chi connectivity index (χ1v) is 4.79. The third-order valence-corrected chi connectivity index (χ3v) is 2.34. The molecule has 0 aromatic carbocycles. The van der Waals surface area contributed by atoms with E-state index >= 15 is 0 Å². The number of fused-ring (bicyclic) bond motifs is 1. The highest BCUT2D eigenvalue weighted by molar-refractivity contribution is 5.68. The van der Waals surface area contributed by atoms with Crippen LogP contribution in [0.3, 0.4) is 0 Å². The average Bonchev–Trinajstić information content (AvgIpc) is 2.59. The predicted octanol–water partition coefficient (Wildman–Crippen LogP) is -0.167.